The fourth-order valence-corrected chi connectivity index (χ4v) is 2.50. The Labute approximate surface area is 114 Å². The Morgan fingerprint density at radius 3 is 2.58 bits per heavy atom. The summed E-state index contributed by atoms with van der Waals surface area (Å²) in [5.41, 5.74) is 1.08. The maximum Gasteiger partial charge on any atom is 0.345 e. The molecule has 0 bridgehead atoms. The predicted molar refractivity (Wildman–Crippen MR) is 73.1 cm³/mol. The van der Waals surface area contributed by atoms with Crippen LogP contribution in [0.2, 0.25) is 0 Å². The van der Waals surface area contributed by atoms with Gasteiger partial charge in [0.25, 0.3) is 0 Å². The van der Waals surface area contributed by atoms with E-state index in [1.165, 1.54) is 23.5 Å². The molecular formula is C14H14FNO2S. The van der Waals surface area contributed by atoms with Gasteiger partial charge in [-0.1, -0.05) is 12.1 Å². The minimum absolute atomic E-state index is 0.225. The number of carbonyl (C=O) groups is 1. The summed E-state index contributed by atoms with van der Waals surface area (Å²) in [6, 6.07) is 9.87. The molecule has 0 aliphatic rings. The van der Waals surface area contributed by atoms with E-state index in [1.54, 1.807) is 18.2 Å². The largest absolute Gasteiger partial charge is 0.477 e. The number of halogens is 1. The molecule has 0 atom stereocenters. The molecule has 1 heterocycles. The van der Waals surface area contributed by atoms with E-state index in [-0.39, 0.29) is 5.82 Å². The van der Waals surface area contributed by atoms with Gasteiger partial charge in [0.15, 0.2) is 0 Å². The summed E-state index contributed by atoms with van der Waals surface area (Å²) >= 11 is 1.28. The van der Waals surface area contributed by atoms with Crippen LogP contribution in [0.4, 0.5) is 4.39 Å². The topological polar surface area (TPSA) is 49.3 Å². The summed E-state index contributed by atoms with van der Waals surface area (Å²) in [7, 11) is 0. The van der Waals surface area contributed by atoms with Gasteiger partial charge in [0.2, 0.25) is 0 Å². The number of carboxylic acid groups (broad SMARTS) is 1. The fraction of sp³-hybridized carbons (Fsp3) is 0.214. The molecule has 1 aromatic carbocycles. The lowest BCUT2D eigenvalue weighted by atomic mass is 10.1. The minimum Gasteiger partial charge on any atom is -0.477 e. The lowest BCUT2D eigenvalue weighted by molar-refractivity contribution is 0.0702. The molecule has 19 heavy (non-hydrogen) atoms. The summed E-state index contributed by atoms with van der Waals surface area (Å²) in [5, 5.41) is 12.0. The van der Waals surface area contributed by atoms with E-state index in [9.17, 15) is 9.18 Å². The van der Waals surface area contributed by atoms with Crippen molar-refractivity contribution in [2.75, 3.05) is 6.54 Å². The number of thiophene rings is 1. The van der Waals surface area contributed by atoms with Gasteiger partial charge in [-0.15, -0.1) is 11.3 Å². The van der Waals surface area contributed by atoms with Gasteiger partial charge in [0.1, 0.15) is 10.7 Å². The van der Waals surface area contributed by atoms with Crippen LogP contribution in [0, 0.1) is 5.82 Å². The maximum absolute atomic E-state index is 12.7. The van der Waals surface area contributed by atoms with Crippen molar-refractivity contribution in [1.82, 2.24) is 5.32 Å². The third kappa shape index (κ3) is 4.15. The zero-order chi connectivity index (χ0) is 13.7. The van der Waals surface area contributed by atoms with Crippen LogP contribution in [0.5, 0.6) is 0 Å². The van der Waals surface area contributed by atoms with Gasteiger partial charge in [-0.05, 0) is 42.8 Å². The fourth-order valence-electron chi connectivity index (χ4n) is 1.68. The summed E-state index contributed by atoms with van der Waals surface area (Å²) in [6.45, 7) is 1.42. The predicted octanol–water partition coefficient (Wildman–Crippen LogP) is 2.92. The first-order chi connectivity index (χ1) is 9.15. The lowest BCUT2D eigenvalue weighted by Gasteiger charge is -2.03. The first-order valence-corrected chi connectivity index (χ1v) is 6.74. The summed E-state index contributed by atoms with van der Waals surface area (Å²) in [4.78, 5) is 12.1. The van der Waals surface area contributed by atoms with Gasteiger partial charge in [-0.25, -0.2) is 9.18 Å². The highest BCUT2D eigenvalue weighted by Gasteiger charge is 2.06. The number of hydrogen-bond acceptors (Lipinski definition) is 3. The molecule has 5 heteroatoms. The Balaban J connectivity index is 1.74. The number of nitrogens with one attached hydrogen (secondary N) is 1. The number of rotatable bonds is 6. The molecule has 0 saturated heterocycles. The second kappa shape index (κ2) is 6.45. The Morgan fingerprint density at radius 2 is 1.95 bits per heavy atom. The first kappa shape index (κ1) is 13.7. The highest BCUT2D eigenvalue weighted by Crippen LogP contribution is 2.15. The molecule has 100 valence electrons. The van der Waals surface area contributed by atoms with Gasteiger partial charge < -0.3 is 10.4 Å². The average molecular weight is 279 g/mol. The van der Waals surface area contributed by atoms with Crippen LogP contribution >= 0.6 is 11.3 Å². The zero-order valence-electron chi connectivity index (χ0n) is 10.2. The van der Waals surface area contributed by atoms with Crippen LogP contribution in [0.15, 0.2) is 36.4 Å². The number of benzene rings is 1. The van der Waals surface area contributed by atoms with E-state index in [4.69, 9.17) is 5.11 Å². The van der Waals surface area contributed by atoms with Crippen molar-refractivity contribution in [3.8, 4) is 0 Å². The zero-order valence-corrected chi connectivity index (χ0v) is 11.0. The Hall–Kier alpha value is -1.72. The van der Waals surface area contributed by atoms with Crippen LogP contribution in [0.3, 0.4) is 0 Å². The SMILES string of the molecule is O=C(O)c1ccc(CNCCc2ccc(F)cc2)s1. The molecule has 0 saturated carbocycles. The molecule has 0 fully saturated rings. The Kier molecular flexibility index (Phi) is 4.65. The van der Waals surface area contributed by atoms with E-state index < -0.39 is 5.97 Å². The molecule has 0 spiro atoms. The van der Waals surface area contributed by atoms with Crippen LogP contribution < -0.4 is 5.32 Å². The van der Waals surface area contributed by atoms with Gasteiger partial charge >= 0.3 is 5.97 Å². The second-order valence-electron chi connectivity index (χ2n) is 4.12. The van der Waals surface area contributed by atoms with Crippen molar-refractivity contribution in [2.45, 2.75) is 13.0 Å². The van der Waals surface area contributed by atoms with Crippen molar-refractivity contribution in [1.29, 1.82) is 0 Å². The van der Waals surface area contributed by atoms with Crippen LogP contribution in [0.1, 0.15) is 20.1 Å². The Bertz CT molecular complexity index is 551. The van der Waals surface area contributed by atoms with E-state index in [0.717, 1.165) is 23.4 Å². The van der Waals surface area contributed by atoms with Crippen molar-refractivity contribution in [3.63, 3.8) is 0 Å². The molecule has 2 rings (SSSR count). The van der Waals surface area contributed by atoms with Crippen molar-refractivity contribution in [3.05, 3.63) is 57.5 Å². The molecule has 0 radical (unpaired) electrons. The number of aromatic carboxylic acids is 1. The third-order valence-corrected chi connectivity index (χ3v) is 3.75. The normalized spacial score (nSPS) is 10.6. The summed E-state index contributed by atoms with van der Waals surface area (Å²) < 4.78 is 12.7. The molecular weight excluding hydrogens is 265 g/mol. The van der Waals surface area contributed by atoms with Gasteiger partial charge in [-0.3, -0.25) is 0 Å². The van der Waals surface area contributed by atoms with Gasteiger partial charge in [0.05, 0.1) is 0 Å². The monoisotopic (exact) mass is 279 g/mol. The summed E-state index contributed by atoms with van der Waals surface area (Å²) in [6.07, 6.45) is 0.817. The van der Waals surface area contributed by atoms with E-state index in [1.807, 2.05) is 6.07 Å². The molecule has 0 amide bonds. The van der Waals surface area contributed by atoms with Crippen LogP contribution in [-0.4, -0.2) is 17.6 Å². The minimum atomic E-state index is -0.887. The molecule has 0 aliphatic carbocycles. The van der Waals surface area contributed by atoms with Gasteiger partial charge in [0, 0.05) is 11.4 Å². The quantitative estimate of drug-likeness (QED) is 0.799. The summed E-state index contributed by atoms with van der Waals surface area (Å²) in [5.74, 6) is -1.11. The average Bonchev–Trinajstić information content (AvgIpc) is 2.86. The van der Waals surface area contributed by atoms with E-state index in [2.05, 4.69) is 5.32 Å². The first-order valence-electron chi connectivity index (χ1n) is 5.92. The van der Waals surface area contributed by atoms with Crippen molar-refractivity contribution in [2.24, 2.45) is 0 Å². The van der Waals surface area contributed by atoms with Crippen LogP contribution in [0.25, 0.3) is 0 Å². The molecule has 1 aromatic heterocycles. The highest BCUT2D eigenvalue weighted by molar-refractivity contribution is 7.13. The molecule has 3 nitrogen and oxygen atoms in total. The second-order valence-corrected chi connectivity index (χ2v) is 5.29. The third-order valence-electron chi connectivity index (χ3n) is 2.68. The maximum atomic E-state index is 12.7. The van der Waals surface area contributed by atoms with E-state index in [0.29, 0.717) is 11.4 Å². The number of hydrogen-bond donors (Lipinski definition) is 2. The molecule has 0 aliphatic heterocycles. The van der Waals surface area contributed by atoms with Crippen LogP contribution in [-0.2, 0) is 13.0 Å². The highest BCUT2D eigenvalue weighted by atomic mass is 32.1. The molecule has 2 N–H and O–H groups in total. The standard InChI is InChI=1S/C14H14FNO2S/c15-11-3-1-10(2-4-11)7-8-16-9-12-5-6-13(19-12)14(17)18/h1-6,16H,7-9H2,(H,17,18). The van der Waals surface area contributed by atoms with Crippen molar-refractivity contribution < 1.29 is 14.3 Å². The smallest absolute Gasteiger partial charge is 0.345 e. The number of carboxylic acids is 1. The van der Waals surface area contributed by atoms with Crippen molar-refractivity contribution >= 4 is 17.3 Å². The van der Waals surface area contributed by atoms with Gasteiger partial charge in [-0.2, -0.15) is 0 Å². The van der Waals surface area contributed by atoms with E-state index >= 15 is 0 Å². The Morgan fingerprint density at radius 1 is 1.21 bits per heavy atom. The molecule has 2 aromatic rings. The lowest BCUT2D eigenvalue weighted by Crippen LogP contribution is -2.15. The molecule has 0 unspecified atom stereocenters.